The van der Waals surface area contributed by atoms with Crippen LogP contribution in [0.25, 0.3) is 0 Å². The molecular formula is C14H17Cl2NO3. The molecule has 0 saturated carbocycles. The molecule has 0 aromatic heterocycles. The molecule has 4 nitrogen and oxygen atoms in total. The van der Waals surface area contributed by atoms with Gasteiger partial charge in [0.2, 0.25) is 5.91 Å². The molecule has 0 heterocycles. The van der Waals surface area contributed by atoms with E-state index in [4.69, 9.17) is 28.3 Å². The summed E-state index contributed by atoms with van der Waals surface area (Å²) < 4.78 is 0. The lowest BCUT2D eigenvalue weighted by atomic mass is 9.85. The van der Waals surface area contributed by atoms with Gasteiger partial charge in [-0.3, -0.25) is 9.59 Å². The van der Waals surface area contributed by atoms with Crippen molar-refractivity contribution in [1.29, 1.82) is 0 Å². The van der Waals surface area contributed by atoms with Gasteiger partial charge in [-0.2, -0.15) is 0 Å². The van der Waals surface area contributed by atoms with Gasteiger partial charge >= 0.3 is 5.97 Å². The molecule has 0 aliphatic carbocycles. The Labute approximate surface area is 128 Å². The molecule has 0 saturated heterocycles. The number of rotatable bonds is 6. The number of halogens is 2. The number of carbonyl (C=O) groups is 2. The molecule has 1 aromatic rings. The van der Waals surface area contributed by atoms with E-state index in [2.05, 4.69) is 5.32 Å². The highest BCUT2D eigenvalue weighted by molar-refractivity contribution is 6.35. The molecular weight excluding hydrogens is 301 g/mol. The van der Waals surface area contributed by atoms with Crippen LogP contribution in [0, 0.1) is 5.41 Å². The number of hydrogen-bond acceptors (Lipinski definition) is 2. The fourth-order valence-electron chi connectivity index (χ4n) is 1.83. The molecule has 0 fully saturated rings. The van der Waals surface area contributed by atoms with Gasteiger partial charge in [0.25, 0.3) is 0 Å². The Balaban J connectivity index is 2.53. The Kier molecular flexibility index (Phi) is 5.84. The third-order valence-electron chi connectivity index (χ3n) is 2.76. The van der Waals surface area contributed by atoms with E-state index in [1.165, 1.54) is 0 Å². The number of carbonyl (C=O) groups excluding carboxylic acids is 1. The summed E-state index contributed by atoms with van der Waals surface area (Å²) in [5.41, 5.74) is 0.181. The summed E-state index contributed by atoms with van der Waals surface area (Å²) in [7, 11) is 0. The molecule has 0 bridgehead atoms. The number of carboxylic acids is 1. The van der Waals surface area contributed by atoms with E-state index >= 15 is 0 Å². The average molecular weight is 318 g/mol. The first-order valence-corrected chi connectivity index (χ1v) is 6.88. The average Bonchev–Trinajstić information content (AvgIpc) is 2.24. The number of nitrogens with one attached hydrogen (secondary N) is 1. The summed E-state index contributed by atoms with van der Waals surface area (Å²) >= 11 is 11.8. The summed E-state index contributed by atoms with van der Waals surface area (Å²) in [5.74, 6) is -1.12. The fourth-order valence-corrected chi connectivity index (χ4v) is 2.30. The second-order valence-electron chi connectivity index (χ2n) is 5.42. The summed E-state index contributed by atoms with van der Waals surface area (Å²) in [4.78, 5) is 22.5. The smallest absolute Gasteiger partial charge is 0.303 e. The van der Waals surface area contributed by atoms with Crippen LogP contribution in [0.1, 0.15) is 32.3 Å². The van der Waals surface area contributed by atoms with Crippen molar-refractivity contribution >= 4 is 35.1 Å². The van der Waals surface area contributed by atoms with Crippen LogP contribution in [-0.2, 0) is 16.1 Å². The highest BCUT2D eigenvalue weighted by Crippen LogP contribution is 2.25. The quantitative estimate of drug-likeness (QED) is 0.843. The number of amides is 1. The van der Waals surface area contributed by atoms with E-state index in [1.807, 2.05) is 0 Å². The van der Waals surface area contributed by atoms with E-state index in [1.54, 1.807) is 32.0 Å². The van der Waals surface area contributed by atoms with E-state index in [-0.39, 0.29) is 25.3 Å². The van der Waals surface area contributed by atoms with Crippen molar-refractivity contribution in [1.82, 2.24) is 5.32 Å². The monoisotopic (exact) mass is 317 g/mol. The first kappa shape index (κ1) is 16.8. The van der Waals surface area contributed by atoms with Crippen molar-refractivity contribution in [3.8, 4) is 0 Å². The number of benzene rings is 1. The minimum atomic E-state index is -0.913. The zero-order valence-electron chi connectivity index (χ0n) is 11.4. The Morgan fingerprint density at radius 3 is 2.45 bits per heavy atom. The van der Waals surface area contributed by atoms with Gasteiger partial charge in [0.1, 0.15) is 0 Å². The second-order valence-corrected chi connectivity index (χ2v) is 6.27. The summed E-state index contributed by atoms with van der Waals surface area (Å²) in [6.45, 7) is 3.78. The molecule has 1 rings (SSSR count). The van der Waals surface area contributed by atoms with Crippen LogP contribution in [0.4, 0.5) is 0 Å². The standard InChI is InChI=1S/C14H17Cl2NO3/c1-14(2,7-13(19)20)6-12(18)17-8-9-3-4-10(15)5-11(9)16/h3-5H,6-8H2,1-2H3,(H,17,18)(H,19,20). The molecule has 0 unspecified atom stereocenters. The summed E-state index contributed by atoms with van der Waals surface area (Å²) in [5, 5.41) is 12.5. The third kappa shape index (κ3) is 5.80. The van der Waals surface area contributed by atoms with Gasteiger partial charge in [0, 0.05) is 23.0 Å². The van der Waals surface area contributed by atoms with Crippen LogP contribution in [0.15, 0.2) is 18.2 Å². The number of aliphatic carboxylic acids is 1. The number of carboxylic acid groups (broad SMARTS) is 1. The lowest BCUT2D eigenvalue weighted by Gasteiger charge is -2.21. The van der Waals surface area contributed by atoms with Gasteiger partial charge in [0.05, 0.1) is 6.42 Å². The first-order chi connectivity index (χ1) is 9.19. The molecule has 1 aromatic carbocycles. The molecule has 20 heavy (non-hydrogen) atoms. The Morgan fingerprint density at radius 1 is 1.25 bits per heavy atom. The maximum absolute atomic E-state index is 11.8. The molecule has 0 aliphatic heterocycles. The maximum atomic E-state index is 11.8. The van der Waals surface area contributed by atoms with Crippen molar-refractivity contribution < 1.29 is 14.7 Å². The largest absolute Gasteiger partial charge is 0.481 e. The van der Waals surface area contributed by atoms with Gasteiger partial charge in [-0.25, -0.2) is 0 Å². The number of hydrogen-bond donors (Lipinski definition) is 2. The van der Waals surface area contributed by atoms with Crippen molar-refractivity contribution in [2.45, 2.75) is 33.2 Å². The Morgan fingerprint density at radius 2 is 1.90 bits per heavy atom. The van der Waals surface area contributed by atoms with Gasteiger partial charge in [-0.05, 0) is 23.1 Å². The van der Waals surface area contributed by atoms with Gasteiger partial charge in [-0.15, -0.1) is 0 Å². The third-order valence-corrected chi connectivity index (χ3v) is 3.35. The Bertz CT molecular complexity index is 515. The molecule has 110 valence electrons. The molecule has 6 heteroatoms. The van der Waals surface area contributed by atoms with E-state index in [0.717, 1.165) is 5.56 Å². The van der Waals surface area contributed by atoms with E-state index in [0.29, 0.717) is 10.0 Å². The van der Waals surface area contributed by atoms with Crippen LogP contribution < -0.4 is 5.32 Å². The first-order valence-electron chi connectivity index (χ1n) is 6.12. The predicted molar refractivity (Wildman–Crippen MR) is 79.0 cm³/mol. The highest BCUT2D eigenvalue weighted by Gasteiger charge is 2.25. The van der Waals surface area contributed by atoms with E-state index < -0.39 is 11.4 Å². The van der Waals surface area contributed by atoms with Crippen LogP contribution in [0.3, 0.4) is 0 Å². The minimum absolute atomic E-state index is 0.0535. The highest BCUT2D eigenvalue weighted by atomic mass is 35.5. The topological polar surface area (TPSA) is 66.4 Å². The lowest BCUT2D eigenvalue weighted by Crippen LogP contribution is -2.29. The second kappa shape index (κ2) is 6.95. The van der Waals surface area contributed by atoms with Crippen LogP contribution in [0.2, 0.25) is 10.0 Å². The molecule has 2 N–H and O–H groups in total. The summed E-state index contributed by atoms with van der Waals surface area (Å²) in [6, 6.07) is 5.05. The molecule has 0 aliphatic rings. The lowest BCUT2D eigenvalue weighted by molar-refractivity contribution is -0.139. The molecule has 0 spiro atoms. The zero-order chi connectivity index (χ0) is 15.3. The summed E-state index contributed by atoms with van der Waals surface area (Å²) in [6.07, 6.45) is 0.0899. The normalized spacial score (nSPS) is 11.2. The van der Waals surface area contributed by atoms with Gasteiger partial charge in [0.15, 0.2) is 0 Å². The van der Waals surface area contributed by atoms with Crippen molar-refractivity contribution in [3.63, 3.8) is 0 Å². The van der Waals surface area contributed by atoms with E-state index in [9.17, 15) is 9.59 Å². The van der Waals surface area contributed by atoms with Crippen LogP contribution in [-0.4, -0.2) is 17.0 Å². The molecule has 0 atom stereocenters. The Hall–Kier alpha value is -1.26. The minimum Gasteiger partial charge on any atom is -0.481 e. The molecule has 0 radical (unpaired) electrons. The van der Waals surface area contributed by atoms with Crippen LogP contribution >= 0.6 is 23.2 Å². The van der Waals surface area contributed by atoms with Crippen molar-refractivity contribution in [3.05, 3.63) is 33.8 Å². The van der Waals surface area contributed by atoms with Gasteiger partial charge < -0.3 is 10.4 Å². The zero-order valence-corrected chi connectivity index (χ0v) is 12.9. The van der Waals surface area contributed by atoms with Crippen LogP contribution in [0.5, 0.6) is 0 Å². The SMILES string of the molecule is CC(C)(CC(=O)O)CC(=O)NCc1ccc(Cl)cc1Cl. The van der Waals surface area contributed by atoms with Crippen molar-refractivity contribution in [2.24, 2.45) is 5.41 Å². The molecule has 1 amide bonds. The van der Waals surface area contributed by atoms with Gasteiger partial charge in [-0.1, -0.05) is 43.1 Å². The maximum Gasteiger partial charge on any atom is 0.303 e. The predicted octanol–water partition coefficient (Wildman–Crippen LogP) is 3.50. The van der Waals surface area contributed by atoms with Crippen molar-refractivity contribution in [2.75, 3.05) is 0 Å². The fraction of sp³-hybridized carbons (Fsp3) is 0.429.